The second-order valence-electron chi connectivity index (χ2n) is 3.65. The van der Waals surface area contributed by atoms with Crippen molar-refractivity contribution in [1.82, 2.24) is 4.98 Å². The Balaban J connectivity index is 2.42. The molecule has 0 radical (unpaired) electrons. The molecule has 0 bridgehead atoms. The van der Waals surface area contributed by atoms with Crippen LogP contribution in [0.4, 0.5) is 18.9 Å². The molecule has 0 unspecified atom stereocenters. The number of hydrogen-bond donors (Lipinski definition) is 1. The van der Waals surface area contributed by atoms with Crippen molar-refractivity contribution < 1.29 is 21.6 Å². The predicted octanol–water partition coefficient (Wildman–Crippen LogP) is 2.95. The zero-order valence-corrected chi connectivity index (χ0v) is 11.1. The topological polar surface area (TPSA) is 59.1 Å². The largest absolute Gasteiger partial charge is 0.279 e. The highest BCUT2D eigenvalue weighted by atomic mass is 35.5. The Kier molecular flexibility index (Phi) is 3.87. The normalized spacial score (nSPS) is 11.4. The van der Waals surface area contributed by atoms with Crippen molar-refractivity contribution in [2.24, 2.45) is 0 Å². The highest BCUT2D eigenvalue weighted by Gasteiger charge is 2.20. The van der Waals surface area contributed by atoms with Crippen molar-refractivity contribution in [3.05, 3.63) is 53.1 Å². The molecule has 4 nitrogen and oxygen atoms in total. The Morgan fingerprint density at radius 2 is 1.75 bits per heavy atom. The summed E-state index contributed by atoms with van der Waals surface area (Å²) >= 11 is 5.62. The molecule has 1 heterocycles. The fraction of sp³-hybridized carbons (Fsp3) is 0. The summed E-state index contributed by atoms with van der Waals surface area (Å²) in [5.41, 5.74) is -0.471. The van der Waals surface area contributed by atoms with Crippen molar-refractivity contribution in [3.8, 4) is 0 Å². The lowest BCUT2D eigenvalue weighted by Gasteiger charge is -2.09. The third kappa shape index (κ3) is 2.86. The van der Waals surface area contributed by atoms with Gasteiger partial charge in [0, 0.05) is 18.3 Å². The fourth-order valence-electron chi connectivity index (χ4n) is 1.40. The van der Waals surface area contributed by atoms with E-state index in [1.807, 2.05) is 4.72 Å². The minimum Gasteiger partial charge on any atom is -0.279 e. The van der Waals surface area contributed by atoms with Crippen LogP contribution in [0.5, 0.6) is 0 Å². The van der Waals surface area contributed by atoms with E-state index in [4.69, 9.17) is 11.6 Å². The Hall–Kier alpha value is -1.80. The van der Waals surface area contributed by atoms with E-state index in [9.17, 15) is 21.6 Å². The number of anilines is 1. The Bertz CT molecular complexity index is 745. The van der Waals surface area contributed by atoms with Crippen molar-refractivity contribution in [3.63, 3.8) is 0 Å². The third-order valence-corrected chi connectivity index (χ3v) is 4.08. The third-order valence-electron chi connectivity index (χ3n) is 2.25. The number of benzene rings is 1. The lowest BCUT2D eigenvalue weighted by molar-refractivity contribution is 0.448. The number of nitrogens with one attached hydrogen (secondary N) is 1. The van der Waals surface area contributed by atoms with Gasteiger partial charge in [-0.3, -0.25) is 4.72 Å². The molecule has 0 atom stereocenters. The molecule has 0 aliphatic heterocycles. The van der Waals surface area contributed by atoms with E-state index in [-0.39, 0.29) is 10.0 Å². The van der Waals surface area contributed by atoms with Gasteiger partial charge in [0.2, 0.25) is 0 Å². The minimum atomic E-state index is -4.19. The summed E-state index contributed by atoms with van der Waals surface area (Å²) in [5.74, 6) is -4.72. The monoisotopic (exact) mass is 322 g/mol. The molecule has 0 saturated carbocycles. The summed E-state index contributed by atoms with van der Waals surface area (Å²) < 4.78 is 64.6. The van der Waals surface area contributed by atoms with Crippen molar-refractivity contribution >= 4 is 27.3 Å². The molecular weight excluding hydrogens is 317 g/mol. The first kappa shape index (κ1) is 14.6. The first-order valence-electron chi connectivity index (χ1n) is 5.09. The van der Waals surface area contributed by atoms with E-state index in [1.165, 1.54) is 12.3 Å². The number of sulfonamides is 1. The van der Waals surface area contributed by atoms with Crippen LogP contribution < -0.4 is 4.72 Å². The van der Waals surface area contributed by atoms with Gasteiger partial charge in [0.15, 0.2) is 17.5 Å². The van der Waals surface area contributed by atoms with Crippen LogP contribution in [0, 0.1) is 17.5 Å². The molecule has 1 aromatic heterocycles. The van der Waals surface area contributed by atoms with E-state index in [1.54, 1.807) is 0 Å². The van der Waals surface area contributed by atoms with Gasteiger partial charge < -0.3 is 0 Å². The van der Waals surface area contributed by atoms with E-state index in [0.29, 0.717) is 12.1 Å². The first-order chi connectivity index (χ1) is 9.31. The van der Waals surface area contributed by atoms with Crippen LogP contribution in [0.15, 0.2) is 35.4 Å². The number of hydrogen-bond acceptors (Lipinski definition) is 3. The summed E-state index contributed by atoms with van der Waals surface area (Å²) in [6, 6.07) is 3.51. The smallest absolute Gasteiger partial charge is 0.264 e. The van der Waals surface area contributed by atoms with Gasteiger partial charge >= 0.3 is 0 Å². The fourth-order valence-corrected chi connectivity index (χ4v) is 2.89. The second-order valence-corrected chi connectivity index (χ2v) is 5.66. The highest BCUT2D eigenvalue weighted by Crippen LogP contribution is 2.23. The molecule has 0 amide bonds. The van der Waals surface area contributed by atoms with Crippen LogP contribution in [-0.2, 0) is 10.0 Å². The second kappa shape index (κ2) is 5.29. The van der Waals surface area contributed by atoms with E-state index < -0.39 is 33.2 Å². The molecule has 2 rings (SSSR count). The molecule has 0 fully saturated rings. The average Bonchev–Trinajstić information content (AvgIpc) is 2.35. The number of nitrogens with zero attached hydrogens (tertiary/aromatic N) is 1. The van der Waals surface area contributed by atoms with Crippen molar-refractivity contribution in [2.75, 3.05) is 4.72 Å². The lowest BCUT2D eigenvalue weighted by Crippen LogP contribution is -2.14. The van der Waals surface area contributed by atoms with Crippen LogP contribution in [0.1, 0.15) is 0 Å². The molecule has 106 valence electrons. The summed E-state index contributed by atoms with van der Waals surface area (Å²) in [4.78, 5) is 3.21. The highest BCUT2D eigenvalue weighted by molar-refractivity contribution is 7.92. The molecule has 20 heavy (non-hydrogen) atoms. The van der Waals surface area contributed by atoms with Crippen LogP contribution in [0.25, 0.3) is 0 Å². The molecule has 0 aliphatic rings. The van der Waals surface area contributed by atoms with Gasteiger partial charge in [-0.05, 0) is 12.1 Å². The van der Waals surface area contributed by atoms with E-state index in [0.717, 1.165) is 6.07 Å². The zero-order valence-electron chi connectivity index (χ0n) is 9.57. The summed E-state index contributed by atoms with van der Waals surface area (Å²) in [6.45, 7) is 0. The van der Waals surface area contributed by atoms with Gasteiger partial charge in [0.1, 0.15) is 10.0 Å². The van der Waals surface area contributed by atoms with Crippen LogP contribution >= 0.6 is 11.6 Å². The molecular formula is C11H6ClF3N2O2S. The number of rotatable bonds is 3. The number of pyridine rings is 1. The molecule has 1 aromatic carbocycles. The van der Waals surface area contributed by atoms with Crippen LogP contribution in [-0.4, -0.2) is 13.4 Å². The summed E-state index contributed by atoms with van der Waals surface area (Å²) in [6.07, 6.45) is 1.28. The SMILES string of the molecule is O=S(=O)(Nc1cc(F)c(F)c(F)c1)c1cccnc1Cl. The van der Waals surface area contributed by atoms with Crippen LogP contribution in [0.2, 0.25) is 5.15 Å². The molecule has 0 saturated heterocycles. The Morgan fingerprint density at radius 3 is 2.30 bits per heavy atom. The zero-order chi connectivity index (χ0) is 14.9. The number of aromatic nitrogens is 1. The van der Waals surface area contributed by atoms with Gasteiger partial charge in [-0.15, -0.1) is 0 Å². The van der Waals surface area contributed by atoms with Crippen molar-refractivity contribution in [2.45, 2.75) is 4.90 Å². The Labute approximate surface area is 117 Å². The van der Waals surface area contributed by atoms with E-state index in [2.05, 4.69) is 4.98 Å². The maximum absolute atomic E-state index is 13.0. The van der Waals surface area contributed by atoms with Gasteiger partial charge in [0.05, 0.1) is 5.69 Å². The molecule has 0 spiro atoms. The van der Waals surface area contributed by atoms with Gasteiger partial charge in [-0.25, -0.2) is 26.6 Å². The summed E-state index contributed by atoms with van der Waals surface area (Å²) in [5, 5.41) is -0.303. The standard InChI is InChI=1S/C11H6ClF3N2O2S/c12-11-9(2-1-3-16-11)20(18,19)17-6-4-7(13)10(15)8(14)5-6/h1-5,17H. The van der Waals surface area contributed by atoms with E-state index >= 15 is 0 Å². The van der Waals surface area contributed by atoms with Gasteiger partial charge in [-0.2, -0.15) is 0 Å². The molecule has 2 aromatic rings. The van der Waals surface area contributed by atoms with Crippen LogP contribution in [0.3, 0.4) is 0 Å². The maximum Gasteiger partial charge on any atom is 0.264 e. The summed E-state index contributed by atoms with van der Waals surface area (Å²) in [7, 11) is -4.19. The molecule has 0 aliphatic carbocycles. The molecule has 1 N–H and O–H groups in total. The molecule has 9 heteroatoms. The first-order valence-corrected chi connectivity index (χ1v) is 6.95. The van der Waals surface area contributed by atoms with Crippen molar-refractivity contribution in [1.29, 1.82) is 0 Å². The predicted molar refractivity (Wildman–Crippen MR) is 66.4 cm³/mol. The average molecular weight is 323 g/mol. The van der Waals surface area contributed by atoms with Gasteiger partial charge in [-0.1, -0.05) is 11.6 Å². The quantitative estimate of drug-likeness (QED) is 0.698. The maximum atomic E-state index is 13.0. The Morgan fingerprint density at radius 1 is 1.15 bits per heavy atom. The van der Waals surface area contributed by atoms with Gasteiger partial charge in [0.25, 0.3) is 10.0 Å². The lowest BCUT2D eigenvalue weighted by atomic mass is 10.3. The minimum absolute atomic E-state index is 0.303. The number of halogens is 4.